The standard InChI is InChI=1S/C20H20BrNO4S/c1-14(23)22-11-10-15-2-4-16(5-3-15)19(24)12-26-20(25)13-27-18-8-6-17(21)7-9-18/h2-9H,10-13H2,1H3,(H,22,23). The number of benzene rings is 2. The highest BCUT2D eigenvalue weighted by atomic mass is 79.9. The molecule has 0 bridgehead atoms. The summed E-state index contributed by atoms with van der Waals surface area (Å²) in [6.45, 7) is 1.75. The predicted molar refractivity (Wildman–Crippen MR) is 109 cm³/mol. The molecule has 0 aliphatic rings. The minimum Gasteiger partial charge on any atom is -0.457 e. The number of amides is 1. The van der Waals surface area contributed by atoms with Gasteiger partial charge in [0.15, 0.2) is 12.4 Å². The predicted octanol–water partition coefficient (Wildman–Crippen LogP) is 3.65. The van der Waals surface area contributed by atoms with Crippen molar-refractivity contribution in [1.82, 2.24) is 5.32 Å². The number of Topliss-reactive ketones (excluding diaryl/α,β-unsaturated/α-hetero) is 1. The van der Waals surface area contributed by atoms with Crippen molar-refractivity contribution < 1.29 is 19.1 Å². The second kappa shape index (κ2) is 10.9. The number of hydrogen-bond donors (Lipinski definition) is 1. The highest BCUT2D eigenvalue weighted by Crippen LogP contribution is 2.20. The zero-order valence-electron chi connectivity index (χ0n) is 14.9. The van der Waals surface area contributed by atoms with Crippen LogP contribution < -0.4 is 5.32 Å². The summed E-state index contributed by atoms with van der Waals surface area (Å²) in [6, 6.07) is 14.7. The fourth-order valence-electron chi connectivity index (χ4n) is 2.18. The van der Waals surface area contributed by atoms with E-state index in [0.717, 1.165) is 14.9 Å². The van der Waals surface area contributed by atoms with Gasteiger partial charge in [-0.1, -0.05) is 40.2 Å². The van der Waals surface area contributed by atoms with Gasteiger partial charge in [0, 0.05) is 28.4 Å². The van der Waals surface area contributed by atoms with Crippen molar-refractivity contribution in [3.63, 3.8) is 0 Å². The molecule has 0 saturated carbocycles. The summed E-state index contributed by atoms with van der Waals surface area (Å²) in [5, 5.41) is 2.72. The minimum absolute atomic E-state index is 0.0677. The monoisotopic (exact) mass is 449 g/mol. The van der Waals surface area contributed by atoms with E-state index < -0.39 is 5.97 Å². The fourth-order valence-corrected chi connectivity index (χ4v) is 3.15. The zero-order valence-corrected chi connectivity index (χ0v) is 17.3. The third-order valence-electron chi connectivity index (χ3n) is 3.60. The van der Waals surface area contributed by atoms with Crippen molar-refractivity contribution in [3.8, 4) is 0 Å². The number of carbonyl (C=O) groups excluding carboxylic acids is 3. The summed E-state index contributed by atoms with van der Waals surface area (Å²) in [5.41, 5.74) is 1.51. The van der Waals surface area contributed by atoms with Gasteiger partial charge in [0.1, 0.15) is 0 Å². The van der Waals surface area contributed by atoms with Crippen LogP contribution in [0.15, 0.2) is 57.9 Å². The van der Waals surface area contributed by atoms with Crippen LogP contribution in [0.1, 0.15) is 22.8 Å². The maximum Gasteiger partial charge on any atom is 0.316 e. The van der Waals surface area contributed by atoms with Crippen LogP contribution in [-0.2, 0) is 20.7 Å². The first-order valence-electron chi connectivity index (χ1n) is 8.34. The van der Waals surface area contributed by atoms with Crippen LogP contribution in [-0.4, -0.2) is 36.6 Å². The molecule has 2 aromatic rings. The fraction of sp³-hybridized carbons (Fsp3) is 0.250. The number of ether oxygens (including phenoxy) is 1. The molecular formula is C20H20BrNO4S. The highest BCUT2D eigenvalue weighted by Gasteiger charge is 2.10. The Balaban J connectivity index is 1.73. The molecule has 7 heteroatoms. The van der Waals surface area contributed by atoms with Gasteiger partial charge in [-0.3, -0.25) is 14.4 Å². The molecular weight excluding hydrogens is 430 g/mol. The molecule has 0 saturated heterocycles. The Morgan fingerprint density at radius 3 is 2.33 bits per heavy atom. The second-order valence-electron chi connectivity index (χ2n) is 5.76. The van der Waals surface area contributed by atoms with Crippen LogP contribution >= 0.6 is 27.7 Å². The Bertz CT molecular complexity index is 791. The number of halogens is 1. The van der Waals surface area contributed by atoms with Crippen LogP contribution in [0.2, 0.25) is 0 Å². The summed E-state index contributed by atoms with van der Waals surface area (Å²) in [5.74, 6) is -0.590. The van der Waals surface area contributed by atoms with Crippen molar-refractivity contribution in [2.75, 3.05) is 18.9 Å². The molecule has 1 N–H and O–H groups in total. The van der Waals surface area contributed by atoms with Crippen molar-refractivity contribution in [2.24, 2.45) is 0 Å². The topological polar surface area (TPSA) is 72.5 Å². The number of ketones is 1. The lowest BCUT2D eigenvalue weighted by Gasteiger charge is -2.06. The van der Waals surface area contributed by atoms with Crippen LogP contribution in [0.25, 0.3) is 0 Å². The molecule has 0 unspecified atom stereocenters. The van der Waals surface area contributed by atoms with Gasteiger partial charge in [0.2, 0.25) is 5.91 Å². The van der Waals surface area contributed by atoms with E-state index in [1.807, 2.05) is 36.4 Å². The number of carbonyl (C=O) groups is 3. The third-order valence-corrected chi connectivity index (χ3v) is 5.11. The molecule has 0 aliphatic carbocycles. The normalized spacial score (nSPS) is 10.3. The molecule has 0 atom stereocenters. The molecule has 0 fully saturated rings. The smallest absolute Gasteiger partial charge is 0.316 e. The molecule has 142 valence electrons. The Morgan fingerprint density at radius 2 is 1.70 bits per heavy atom. The minimum atomic E-state index is -0.428. The van der Waals surface area contributed by atoms with Gasteiger partial charge < -0.3 is 10.1 Å². The molecule has 27 heavy (non-hydrogen) atoms. The van der Waals surface area contributed by atoms with Gasteiger partial charge in [-0.05, 0) is 36.2 Å². The summed E-state index contributed by atoms with van der Waals surface area (Å²) in [4.78, 5) is 35.7. The van der Waals surface area contributed by atoms with Gasteiger partial charge in [-0.15, -0.1) is 11.8 Å². The Morgan fingerprint density at radius 1 is 1.04 bits per heavy atom. The summed E-state index contributed by atoms with van der Waals surface area (Å²) in [7, 11) is 0. The van der Waals surface area contributed by atoms with E-state index in [9.17, 15) is 14.4 Å². The number of nitrogens with one attached hydrogen (secondary N) is 1. The molecule has 0 radical (unpaired) electrons. The van der Waals surface area contributed by atoms with E-state index in [1.165, 1.54) is 18.7 Å². The quantitative estimate of drug-likeness (QED) is 0.359. The second-order valence-corrected chi connectivity index (χ2v) is 7.72. The van der Waals surface area contributed by atoms with Gasteiger partial charge in [-0.25, -0.2) is 0 Å². The molecule has 0 aromatic heterocycles. The van der Waals surface area contributed by atoms with Crippen molar-refractivity contribution in [1.29, 1.82) is 0 Å². The van der Waals surface area contributed by atoms with Crippen LogP contribution in [0.3, 0.4) is 0 Å². The summed E-state index contributed by atoms with van der Waals surface area (Å²) >= 11 is 4.72. The van der Waals surface area contributed by atoms with Gasteiger partial charge in [0.05, 0.1) is 5.75 Å². The molecule has 0 aliphatic heterocycles. The lowest BCUT2D eigenvalue weighted by molar-refractivity contribution is -0.139. The van der Waals surface area contributed by atoms with Crippen LogP contribution in [0.5, 0.6) is 0 Å². The van der Waals surface area contributed by atoms with Crippen molar-refractivity contribution in [2.45, 2.75) is 18.2 Å². The molecule has 2 aromatic carbocycles. The number of esters is 1. The number of thioether (sulfide) groups is 1. The first-order valence-corrected chi connectivity index (χ1v) is 10.1. The number of rotatable bonds is 9. The lowest BCUT2D eigenvalue weighted by atomic mass is 10.1. The zero-order chi connectivity index (χ0) is 19.6. The molecule has 2 rings (SSSR count). The van der Waals surface area contributed by atoms with Gasteiger partial charge in [0.25, 0.3) is 0 Å². The first-order chi connectivity index (χ1) is 12.9. The van der Waals surface area contributed by atoms with E-state index in [4.69, 9.17) is 4.74 Å². The Kier molecular flexibility index (Phi) is 8.54. The van der Waals surface area contributed by atoms with E-state index in [1.54, 1.807) is 12.1 Å². The number of hydrogen-bond acceptors (Lipinski definition) is 5. The van der Waals surface area contributed by atoms with E-state index in [0.29, 0.717) is 18.5 Å². The average molecular weight is 450 g/mol. The van der Waals surface area contributed by atoms with E-state index in [2.05, 4.69) is 21.2 Å². The summed E-state index contributed by atoms with van der Waals surface area (Å²) < 4.78 is 6.03. The van der Waals surface area contributed by atoms with Crippen LogP contribution in [0.4, 0.5) is 0 Å². The SMILES string of the molecule is CC(=O)NCCc1ccc(C(=O)COC(=O)CSc2ccc(Br)cc2)cc1. The third kappa shape index (κ3) is 7.97. The molecule has 5 nitrogen and oxygen atoms in total. The Labute approximate surface area is 171 Å². The highest BCUT2D eigenvalue weighted by molar-refractivity contribution is 9.10. The van der Waals surface area contributed by atoms with Crippen molar-refractivity contribution in [3.05, 3.63) is 64.1 Å². The maximum absolute atomic E-state index is 12.1. The van der Waals surface area contributed by atoms with Gasteiger partial charge >= 0.3 is 5.97 Å². The largest absolute Gasteiger partial charge is 0.457 e. The van der Waals surface area contributed by atoms with Crippen LogP contribution in [0, 0.1) is 0 Å². The van der Waals surface area contributed by atoms with Crippen molar-refractivity contribution >= 4 is 45.4 Å². The van der Waals surface area contributed by atoms with E-state index in [-0.39, 0.29) is 24.1 Å². The summed E-state index contributed by atoms with van der Waals surface area (Å²) in [6.07, 6.45) is 0.691. The maximum atomic E-state index is 12.1. The lowest BCUT2D eigenvalue weighted by Crippen LogP contribution is -2.22. The molecule has 0 heterocycles. The van der Waals surface area contributed by atoms with E-state index >= 15 is 0 Å². The average Bonchev–Trinajstić information content (AvgIpc) is 2.66. The Hall–Kier alpha value is -2.12. The van der Waals surface area contributed by atoms with Gasteiger partial charge in [-0.2, -0.15) is 0 Å². The molecule has 0 spiro atoms. The first kappa shape index (κ1) is 21.2. The molecule has 1 amide bonds.